The number of rotatable bonds is 17. The van der Waals surface area contributed by atoms with Gasteiger partial charge in [-0.2, -0.15) is 0 Å². The number of alkyl carbamates (subject to hydrolysis) is 2. The van der Waals surface area contributed by atoms with Gasteiger partial charge in [0.05, 0.1) is 0 Å². The number of anilines is 2. The van der Waals surface area contributed by atoms with E-state index in [1.54, 1.807) is 77.9 Å². The molecule has 55 heavy (non-hydrogen) atoms. The van der Waals surface area contributed by atoms with Gasteiger partial charge in [-0.05, 0) is 133 Å². The van der Waals surface area contributed by atoms with Crippen LogP contribution in [0.4, 0.5) is 21.0 Å². The van der Waals surface area contributed by atoms with E-state index in [4.69, 9.17) is 21.7 Å². The summed E-state index contributed by atoms with van der Waals surface area (Å²) < 4.78 is 10.6. The number of thiocarbonyl (C=S) groups is 1. The molecule has 0 aliphatic heterocycles. The van der Waals surface area contributed by atoms with Crippen LogP contribution in [0.2, 0.25) is 0 Å². The van der Waals surface area contributed by atoms with Gasteiger partial charge in [-0.3, -0.25) is 19.7 Å². The molecule has 0 saturated carbocycles. The lowest BCUT2D eigenvalue weighted by atomic mass is 9.87. The van der Waals surface area contributed by atoms with E-state index in [-0.39, 0.29) is 28.2 Å². The van der Waals surface area contributed by atoms with Crippen molar-refractivity contribution < 1.29 is 33.4 Å². The van der Waals surface area contributed by atoms with Gasteiger partial charge in [0.1, 0.15) is 17.2 Å². The number of benzene rings is 2. The first-order chi connectivity index (χ1) is 25.6. The molecule has 0 bridgehead atoms. The molecule has 1 atom stereocenters. The van der Waals surface area contributed by atoms with Crippen molar-refractivity contribution in [1.82, 2.24) is 21.3 Å². The number of unbranched alkanes of at least 4 members (excludes halogenated alkanes) is 4. The van der Waals surface area contributed by atoms with Crippen molar-refractivity contribution in [3.63, 3.8) is 0 Å². The minimum Gasteiger partial charge on any atom is -0.444 e. The first kappa shape index (κ1) is 46.4. The number of ether oxygens (including phenoxy) is 2. The summed E-state index contributed by atoms with van der Waals surface area (Å²) in [6.07, 6.45) is 3.74. The van der Waals surface area contributed by atoms with Crippen molar-refractivity contribution >= 4 is 58.6 Å². The molecule has 2 aromatic rings. The molecule has 2 aromatic carbocycles. The van der Waals surface area contributed by atoms with E-state index < -0.39 is 29.4 Å². The van der Waals surface area contributed by atoms with Gasteiger partial charge in [-0.25, -0.2) is 9.59 Å². The van der Waals surface area contributed by atoms with Gasteiger partial charge in [0.25, 0.3) is 5.91 Å². The standard InChI is InChI=1S/C41H62N6O7S/c1-39(2,3)29-20-18-28(19-21-29)34(49)47-36(55)45-31-24-22-30(23-25-31)44-33(48)17-12-10-11-14-26-42-35(50)32(46-38(52)54-41(7,8)9)16-13-15-27-43-37(51)53-40(4,5)6/h18-25,32H,10-17,26-27H2,1-9H3,(H,42,50)(H,43,51)(H,44,48)(H,46,52)(H2,45,47,49,55)/t32-/m0/s1. The summed E-state index contributed by atoms with van der Waals surface area (Å²) in [7, 11) is 0. The number of hydrogen-bond donors (Lipinski definition) is 6. The van der Waals surface area contributed by atoms with Crippen LogP contribution in [0.25, 0.3) is 0 Å². The first-order valence-corrected chi connectivity index (χ1v) is 19.4. The Kier molecular flexibility index (Phi) is 18.6. The van der Waals surface area contributed by atoms with Crippen LogP contribution in [0, 0.1) is 0 Å². The zero-order valence-electron chi connectivity index (χ0n) is 34.0. The summed E-state index contributed by atoms with van der Waals surface area (Å²) in [6, 6.07) is 13.7. The minimum absolute atomic E-state index is 0.00813. The molecule has 5 amide bonds. The van der Waals surface area contributed by atoms with E-state index in [1.807, 2.05) is 12.1 Å². The largest absolute Gasteiger partial charge is 0.444 e. The van der Waals surface area contributed by atoms with E-state index in [0.717, 1.165) is 18.4 Å². The van der Waals surface area contributed by atoms with Gasteiger partial charge < -0.3 is 36.1 Å². The number of amides is 5. The zero-order valence-corrected chi connectivity index (χ0v) is 34.8. The Labute approximate surface area is 332 Å². The van der Waals surface area contributed by atoms with Crippen molar-refractivity contribution in [3.05, 3.63) is 59.7 Å². The topological polar surface area (TPSA) is 176 Å². The molecule has 304 valence electrons. The summed E-state index contributed by atoms with van der Waals surface area (Å²) in [5.41, 5.74) is 1.64. The second kappa shape index (κ2) is 22.0. The van der Waals surface area contributed by atoms with Gasteiger partial charge in [-0.1, -0.05) is 45.7 Å². The van der Waals surface area contributed by atoms with Crippen molar-refractivity contribution in [2.45, 2.75) is 136 Å². The highest BCUT2D eigenvalue weighted by molar-refractivity contribution is 7.80. The summed E-state index contributed by atoms with van der Waals surface area (Å²) >= 11 is 5.31. The lowest BCUT2D eigenvalue weighted by molar-refractivity contribution is -0.123. The Balaban J connectivity index is 1.68. The third kappa shape index (κ3) is 20.5. The van der Waals surface area contributed by atoms with E-state index >= 15 is 0 Å². The quantitative estimate of drug-likeness (QED) is 0.0694. The van der Waals surface area contributed by atoms with Gasteiger partial charge in [-0.15, -0.1) is 0 Å². The van der Waals surface area contributed by atoms with Gasteiger partial charge in [0, 0.05) is 36.4 Å². The average Bonchev–Trinajstić information content (AvgIpc) is 3.06. The van der Waals surface area contributed by atoms with Crippen LogP contribution in [0.5, 0.6) is 0 Å². The molecule has 0 aliphatic rings. The summed E-state index contributed by atoms with van der Waals surface area (Å²) in [5.74, 6) is -0.714. The predicted octanol–water partition coefficient (Wildman–Crippen LogP) is 7.70. The van der Waals surface area contributed by atoms with Gasteiger partial charge in [0.15, 0.2) is 5.11 Å². The number of nitrogens with one attached hydrogen (secondary N) is 6. The third-order valence-electron chi connectivity index (χ3n) is 7.89. The highest BCUT2D eigenvalue weighted by Gasteiger charge is 2.24. The number of carbonyl (C=O) groups is 5. The molecule has 0 spiro atoms. The van der Waals surface area contributed by atoms with Crippen LogP contribution < -0.4 is 31.9 Å². The lowest BCUT2D eigenvalue weighted by Gasteiger charge is -2.23. The van der Waals surface area contributed by atoms with Crippen LogP contribution in [-0.2, 0) is 24.5 Å². The fraction of sp³-hybridized carbons (Fsp3) is 0.561. The Morgan fingerprint density at radius 1 is 0.636 bits per heavy atom. The summed E-state index contributed by atoms with van der Waals surface area (Å²) in [4.78, 5) is 62.4. The fourth-order valence-electron chi connectivity index (χ4n) is 5.12. The maximum absolute atomic E-state index is 13.0. The molecule has 0 fully saturated rings. The van der Waals surface area contributed by atoms with Crippen LogP contribution in [0.15, 0.2) is 48.5 Å². The Morgan fingerprint density at radius 3 is 1.75 bits per heavy atom. The van der Waals surface area contributed by atoms with Crippen LogP contribution >= 0.6 is 12.2 Å². The number of carbonyl (C=O) groups excluding carboxylic acids is 5. The van der Waals surface area contributed by atoms with Crippen molar-refractivity contribution in [3.8, 4) is 0 Å². The summed E-state index contributed by atoms with van der Waals surface area (Å²) in [5, 5.41) is 17.0. The molecule has 0 saturated heterocycles. The van der Waals surface area contributed by atoms with Crippen molar-refractivity contribution in [1.29, 1.82) is 0 Å². The SMILES string of the molecule is CC(C)(C)OC(=O)NCCCC[C@H](NC(=O)OC(C)(C)C)C(=O)NCCCCCCC(=O)Nc1ccc(NC(=S)NC(=O)c2ccc(C(C)(C)C)cc2)cc1. The van der Waals surface area contributed by atoms with E-state index in [0.29, 0.717) is 68.6 Å². The molecule has 0 unspecified atom stereocenters. The lowest BCUT2D eigenvalue weighted by Crippen LogP contribution is -2.48. The highest BCUT2D eigenvalue weighted by Crippen LogP contribution is 2.22. The molecular weight excluding hydrogens is 721 g/mol. The molecular formula is C41H62N6O7S. The second-order valence-corrected chi connectivity index (χ2v) is 16.8. The first-order valence-electron chi connectivity index (χ1n) is 19.0. The smallest absolute Gasteiger partial charge is 0.408 e. The van der Waals surface area contributed by atoms with Crippen LogP contribution in [0.3, 0.4) is 0 Å². The third-order valence-corrected chi connectivity index (χ3v) is 8.10. The molecule has 13 nitrogen and oxygen atoms in total. The second-order valence-electron chi connectivity index (χ2n) is 16.4. The van der Waals surface area contributed by atoms with Gasteiger partial charge in [0.2, 0.25) is 11.8 Å². The zero-order chi connectivity index (χ0) is 41.2. The molecule has 0 radical (unpaired) electrons. The number of hydrogen-bond acceptors (Lipinski definition) is 8. The van der Waals surface area contributed by atoms with Gasteiger partial charge >= 0.3 is 12.2 Å². The maximum atomic E-state index is 13.0. The Morgan fingerprint density at radius 2 is 1.16 bits per heavy atom. The van der Waals surface area contributed by atoms with E-state index in [9.17, 15) is 24.0 Å². The normalized spacial score (nSPS) is 12.1. The average molecular weight is 783 g/mol. The Bertz CT molecular complexity index is 1580. The molecule has 0 aromatic heterocycles. The van der Waals surface area contributed by atoms with E-state index in [1.165, 1.54) is 0 Å². The Hall–Kier alpha value is -4.72. The maximum Gasteiger partial charge on any atom is 0.408 e. The minimum atomic E-state index is -0.788. The van der Waals surface area contributed by atoms with Crippen molar-refractivity contribution in [2.75, 3.05) is 23.7 Å². The molecule has 14 heteroatoms. The van der Waals surface area contributed by atoms with E-state index in [2.05, 4.69) is 52.7 Å². The summed E-state index contributed by atoms with van der Waals surface area (Å²) in [6.45, 7) is 17.8. The van der Waals surface area contributed by atoms with Crippen molar-refractivity contribution in [2.24, 2.45) is 0 Å². The highest BCUT2D eigenvalue weighted by atomic mass is 32.1. The fourth-order valence-corrected chi connectivity index (χ4v) is 5.33. The van der Waals surface area contributed by atoms with Crippen LogP contribution in [-0.4, -0.2) is 65.4 Å². The van der Waals surface area contributed by atoms with Crippen LogP contribution in [0.1, 0.15) is 130 Å². The molecule has 0 aliphatic carbocycles. The molecule has 6 N–H and O–H groups in total. The predicted molar refractivity (Wildman–Crippen MR) is 221 cm³/mol. The molecule has 2 rings (SSSR count). The monoisotopic (exact) mass is 782 g/mol. The molecule has 0 heterocycles.